The molecule has 1 aliphatic heterocycles. The molecule has 0 amide bonds. The molecule has 1 unspecified atom stereocenters. The van der Waals surface area contributed by atoms with Crippen molar-refractivity contribution in [3.8, 4) is 0 Å². The Balaban J connectivity index is 0.00000144. The van der Waals surface area contributed by atoms with Crippen molar-refractivity contribution in [3.63, 3.8) is 0 Å². The maximum atomic E-state index is 4.53. The van der Waals surface area contributed by atoms with Gasteiger partial charge in [0.2, 0.25) is 0 Å². The van der Waals surface area contributed by atoms with Crippen LogP contribution in [-0.4, -0.2) is 25.7 Å². The summed E-state index contributed by atoms with van der Waals surface area (Å²) in [5.74, 6) is 0.716. The number of piperidine rings is 1. The molecule has 0 aliphatic carbocycles. The van der Waals surface area contributed by atoms with Crippen LogP contribution >= 0.6 is 0 Å². The minimum Gasteiger partial charge on any atom is -0.661 e. The fourth-order valence-corrected chi connectivity index (χ4v) is 1.57. The van der Waals surface area contributed by atoms with Crippen molar-refractivity contribution in [2.24, 2.45) is 5.92 Å². The predicted octanol–water partition coefficient (Wildman–Crippen LogP) is 2.16. The van der Waals surface area contributed by atoms with Crippen molar-refractivity contribution in [2.75, 3.05) is 19.6 Å². The van der Waals surface area contributed by atoms with E-state index in [1.165, 1.54) is 25.8 Å². The molecule has 1 N–H and O–H groups in total. The smallest absolute Gasteiger partial charge is 0 e. The molecule has 1 fully saturated rings. The second kappa shape index (κ2) is 7.94. The van der Waals surface area contributed by atoms with E-state index in [4.69, 9.17) is 0 Å². The fraction of sp³-hybridized carbons (Fsp3) is 1.00. The van der Waals surface area contributed by atoms with Crippen LogP contribution in [0.3, 0.4) is 0 Å². The summed E-state index contributed by atoms with van der Waals surface area (Å²) in [6.07, 6.45) is 4.05. The maximum absolute atomic E-state index is 4.53. The van der Waals surface area contributed by atoms with Crippen molar-refractivity contribution in [1.82, 2.24) is 5.32 Å². The normalized spacial score (nSPS) is 22.8. The molecular formula is C10H21N2Re-. The van der Waals surface area contributed by atoms with Gasteiger partial charge in [-0.15, -0.1) is 13.1 Å². The topological polar surface area (TPSA) is 26.1 Å². The fourth-order valence-electron chi connectivity index (χ4n) is 1.57. The third-order valence-corrected chi connectivity index (χ3v) is 2.26. The van der Waals surface area contributed by atoms with E-state index in [9.17, 15) is 0 Å². The van der Waals surface area contributed by atoms with E-state index in [0.717, 1.165) is 13.1 Å². The number of hydrogen-bond donors (Lipinski definition) is 1. The molecule has 0 aromatic carbocycles. The molecule has 1 radical (unpaired) electrons. The van der Waals surface area contributed by atoms with Gasteiger partial charge in [-0.25, -0.2) is 0 Å². The summed E-state index contributed by atoms with van der Waals surface area (Å²) in [4.78, 5) is 0. The Morgan fingerprint density at radius 2 is 2.15 bits per heavy atom. The van der Waals surface area contributed by atoms with Gasteiger partial charge in [-0.05, 0) is 25.4 Å². The van der Waals surface area contributed by atoms with Crippen LogP contribution in [0.2, 0.25) is 0 Å². The summed E-state index contributed by atoms with van der Waals surface area (Å²) in [5, 5.41) is 8.03. The molecule has 0 saturated carbocycles. The molecule has 1 aliphatic rings. The van der Waals surface area contributed by atoms with Gasteiger partial charge in [0.05, 0.1) is 0 Å². The molecule has 1 saturated heterocycles. The van der Waals surface area contributed by atoms with Gasteiger partial charge in [-0.2, -0.15) is 0 Å². The van der Waals surface area contributed by atoms with Crippen molar-refractivity contribution in [3.05, 3.63) is 5.32 Å². The first-order valence-electron chi connectivity index (χ1n) is 5.15. The predicted molar refractivity (Wildman–Crippen MR) is 53.6 cm³/mol. The zero-order valence-electron chi connectivity index (χ0n) is 8.72. The summed E-state index contributed by atoms with van der Waals surface area (Å²) in [5.41, 5.74) is 0. The average Bonchev–Trinajstić information content (AvgIpc) is 2.05. The Kier molecular flexibility index (Phi) is 8.29. The zero-order chi connectivity index (χ0) is 8.81. The van der Waals surface area contributed by atoms with Gasteiger partial charge in [-0.1, -0.05) is 26.2 Å². The van der Waals surface area contributed by atoms with E-state index in [-0.39, 0.29) is 20.4 Å². The zero-order valence-corrected chi connectivity index (χ0v) is 11.4. The summed E-state index contributed by atoms with van der Waals surface area (Å²) < 4.78 is 0. The third kappa shape index (κ3) is 6.63. The second-order valence-electron chi connectivity index (χ2n) is 4.13. The number of nitrogens with zero attached hydrogens (tertiary/aromatic N) is 1. The standard InChI is InChI=1S/C10H21N2.Re/c1-9(2)7-11-8-10-5-3-4-6-12-10;/h9-10,12H,3-8H2,1-2H3;/q-1;. The number of hydrogen-bond acceptors (Lipinski definition) is 1. The molecule has 0 aromatic heterocycles. The van der Waals surface area contributed by atoms with Gasteiger partial charge >= 0.3 is 0 Å². The van der Waals surface area contributed by atoms with Gasteiger partial charge in [0, 0.05) is 20.4 Å². The average molecular weight is 355 g/mol. The first-order valence-corrected chi connectivity index (χ1v) is 5.15. The van der Waals surface area contributed by atoms with Crippen LogP contribution in [0.25, 0.3) is 5.32 Å². The van der Waals surface area contributed by atoms with E-state index in [1.807, 2.05) is 0 Å². The molecule has 0 spiro atoms. The third-order valence-electron chi connectivity index (χ3n) is 2.26. The molecule has 0 bridgehead atoms. The maximum Gasteiger partial charge on any atom is 0 e. The summed E-state index contributed by atoms with van der Waals surface area (Å²) in [7, 11) is 0. The van der Waals surface area contributed by atoms with E-state index in [1.54, 1.807) is 0 Å². The van der Waals surface area contributed by atoms with Gasteiger partial charge in [0.15, 0.2) is 0 Å². The number of rotatable bonds is 4. The molecule has 2 nitrogen and oxygen atoms in total. The number of nitrogens with one attached hydrogen (secondary N) is 1. The first kappa shape index (κ1) is 13.6. The summed E-state index contributed by atoms with van der Waals surface area (Å²) in [6.45, 7) is 7.69. The van der Waals surface area contributed by atoms with E-state index in [0.29, 0.717) is 12.0 Å². The van der Waals surface area contributed by atoms with Crippen LogP contribution in [0, 0.1) is 5.92 Å². The second-order valence-corrected chi connectivity index (χ2v) is 4.13. The van der Waals surface area contributed by atoms with E-state index < -0.39 is 0 Å². The summed E-state index contributed by atoms with van der Waals surface area (Å²) >= 11 is 0. The monoisotopic (exact) mass is 356 g/mol. The Labute approximate surface area is 95.9 Å². The first-order chi connectivity index (χ1) is 5.79. The molecule has 1 rings (SSSR count). The molecule has 1 heterocycles. The SMILES string of the molecule is CC(C)C[N-]CC1CCCCN1.[Re]. The molecule has 13 heavy (non-hydrogen) atoms. The van der Waals surface area contributed by atoms with Crippen molar-refractivity contribution in [2.45, 2.75) is 39.2 Å². The Morgan fingerprint density at radius 1 is 1.38 bits per heavy atom. The quantitative estimate of drug-likeness (QED) is 0.822. The minimum absolute atomic E-state index is 0. The summed E-state index contributed by atoms with van der Waals surface area (Å²) in [6, 6.07) is 0.678. The molecule has 79 valence electrons. The largest absolute Gasteiger partial charge is 0.661 e. The molecule has 3 heteroatoms. The van der Waals surface area contributed by atoms with Gasteiger partial charge in [-0.3, -0.25) is 0 Å². The van der Waals surface area contributed by atoms with Crippen molar-refractivity contribution in [1.29, 1.82) is 0 Å². The van der Waals surface area contributed by atoms with Gasteiger partial charge in [0.25, 0.3) is 0 Å². The minimum atomic E-state index is 0. The van der Waals surface area contributed by atoms with Crippen LogP contribution in [0.4, 0.5) is 0 Å². The molecule has 1 atom stereocenters. The van der Waals surface area contributed by atoms with Crippen LogP contribution in [0.5, 0.6) is 0 Å². The van der Waals surface area contributed by atoms with Gasteiger partial charge in [0.1, 0.15) is 0 Å². The molecule has 0 aromatic rings. The van der Waals surface area contributed by atoms with Crippen LogP contribution in [0.15, 0.2) is 0 Å². The van der Waals surface area contributed by atoms with Gasteiger partial charge < -0.3 is 10.6 Å². The Hall–Kier alpha value is 0.582. The molecular weight excluding hydrogens is 334 g/mol. The van der Waals surface area contributed by atoms with Crippen LogP contribution in [-0.2, 0) is 20.4 Å². The van der Waals surface area contributed by atoms with Crippen molar-refractivity contribution < 1.29 is 20.4 Å². The Morgan fingerprint density at radius 3 is 2.69 bits per heavy atom. The van der Waals surface area contributed by atoms with Crippen LogP contribution < -0.4 is 5.32 Å². The van der Waals surface area contributed by atoms with Crippen LogP contribution in [0.1, 0.15) is 33.1 Å². The Bertz CT molecular complexity index is 111. The van der Waals surface area contributed by atoms with Crippen molar-refractivity contribution >= 4 is 0 Å². The van der Waals surface area contributed by atoms with E-state index >= 15 is 0 Å². The van der Waals surface area contributed by atoms with E-state index in [2.05, 4.69) is 24.5 Å².